The van der Waals surface area contributed by atoms with Crippen LogP contribution in [0.15, 0.2) is 90.2 Å². The first kappa shape index (κ1) is 20.2. The Kier molecular flexibility index (Phi) is 5.63. The molecular formula is C23H16F4N2S. The Morgan fingerprint density at radius 2 is 1.50 bits per heavy atom. The van der Waals surface area contributed by atoms with E-state index in [9.17, 15) is 17.6 Å². The number of nitrogens with zero attached hydrogens (tertiary/aromatic N) is 2. The van der Waals surface area contributed by atoms with Crippen LogP contribution < -0.4 is 0 Å². The summed E-state index contributed by atoms with van der Waals surface area (Å²) in [5.74, 6) is 0.117. The maximum atomic E-state index is 13.3. The van der Waals surface area contributed by atoms with Crippen LogP contribution in [-0.4, -0.2) is 9.55 Å². The molecule has 7 heteroatoms. The van der Waals surface area contributed by atoms with Crippen LogP contribution in [0.4, 0.5) is 17.6 Å². The molecule has 0 atom stereocenters. The summed E-state index contributed by atoms with van der Waals surface area (Å²) in [5, 5.41) is 0.667. The predicted octanol–water partition coefficient (Wildman–Crippen LogP) is 6.99. The van der Waals surface area contributed by atoms with Crippen LogP contribution in [0.25, 0.3) is 16.9 Å². The van der Waals surface area contributed by atoms with E-state index >= 15 is 0 Å². The average molecular weight is 428 g/mol. The maximum Gasteiger partial charge on any atom is 0.416 e. The zero-order chi connectivity index (χ0) is 21.1. The van der Waals surface area contributed by atoms with Crippen LogP contribution in [0.3, 0.4) is 0 Å². The van der Waals surface area contributed by atoms with E-state index in [1.807, 2.05) is 41.1 Å². The lowest BCUT2D eigenvalue weighted by Crippen LogP contribution is -2.04. The predicted molar refractivity (Wildman–Crippen MR) is 110 cm³/mol. The van der Waals surface area contributed by atoms with Gasteiger partial charge in [0.25, 0.3) is 0 Å². The summed E-state index contributed by atoms with van der Waals surface area (Å²) in [5.41, 5.74) is 2.53. The molecule has 1 heterocycles. The monoisotopic (exact) mass is 428 g/mol. The third kappa shape index (κ3) is 4.57. The lowest BCUT2D eigenvalue weighted by molar-refractivity contribution is -0.137. The number of hydrogen-bond donors (Lipinski definition) is 0. The van der Waals surface area contributed by atoms with Crippen molar-refractivity contribution in [3.63, 3.8) is 0 Å². The minimum absolute atomic E-state index is 0.332. The first-order valence-electron chi connectivity index (χ1n) is 9.10. The fraction of sp³-hybridized carbons (Fsp3) is 0.0870. The van der Waals surface area contributed by atoms with E-state index in [0.29, 0.717) is 10.9 Å². The van der Waals surface area contributed by atoms with Crippen molar-refractivity contribution in [2.24, 2.45) is 0 Å². The average Bonchev–Trinajstić information content (AvgIpc) is 3.17. The van der Waals surface area contributed by atoms with Crippen LogP contribution in [0.5, 0.6) is 0 Å². The molecule has 0 saturated carbocycles. The fourth-order valence-corrected chi connectivity index (χ4v) is 3.89. The molecule has 0 aliphatic heterocycles. The summed E-state index contributed by atoms with van der Waals surface area (Å²) < 4.78 is 53.5. The number of alkyl halides is 3. The minimum Gasteiger partial charge on any atom is -0.294 e. The van der Waals surface area contributed by atoms with Crippen molar-refractivity contribution in [3.05, 3.63) is 102 Å². The van der Waals surface area contributed by atoms with E-state index < -0.39 is 11.7 Å². The van der Waals surface area contributed by atoms with Gasteiger partial charge >= 0.3 is 6.18 Å². The molecule has 0 saturated heterocycles. The molecule has 0 unspecified atom stereocenters. The number of aromatic nitrogens is 2. The molecule has 30 heavy (non-hydrogen) atoms. The molecule has 0 fully saturated rings. The zero-order valence-electron chi connectivity index (χ0n) is 15.6. The second kappa shape index (κ2) is 8.36. The maximum absolute atomic E-state index is 13.3. The molecule has 4 rings (SSSR count). The van der Waals surface area contributed by atoms with Gasteiger partial charge in [-0.1, -0.05) is 54.2 Å². The Morgan fingerprint density at radius 1 is 0.833 bits per heavy atom. The fourth-order valence-electron chi connectivity index (χ4n) is 2.94. The van der Waals surface area contributed by atoms with E-state index in [1.165, 1.54) is 36.0 Å². The van der Waals surface area contributed by atoms with Gasteiger partial charge in [0.15, 0.2) is 5.16 Å². The molecule has 0 bridgehead atoms. The highest BCUT2D eigenvalue weighted by Gasteiger charge is 2.29. The molecule has 0 amide bonds. The number of hydrogen-bond acceptors (Lipinski definition) is 2. The highest BCUT2D eigenvalue weighted by atomic mass is 32.2. The molecule has 1 aromatic heterocycles. The van der Waals surface area contributed by atoms with Gasteiger partial charge in [-0.2, -0.15) is 13.2 Å². The number of rotatable bonds is 5. The molecule has 0 aliphatic rings. The van der Waals surface area contributed by atoms with Gasteiger partial charge in [0.05, 0.1) is 11.3 Å². The second-order valence-electron chi connectivity index (χ2n) is 6.60. The van der Waals surface area contributed by atoms with Crippen LogP contribution in [0.1, 0.15) is 11.1 Å². The second-order valence-corrected chi connectivity index (χ2v) is 7.55. The molecular weight excluding hydrogens is 412 g/mol. The van der Waals surface area contributed by atoms with Crippen molar-refractivity contribution in [1.82, 2.24) is 9.55 Å². The van der Waals surface area contributed by atoms with Crippen LogP contribution in [0.2, 0.25) is 0 Å². The van der Waals surface area contributed by atoms with Crippen molar-refractivity contribution in [2.45, 2.75) is 17.1 Å². The number of benzene rings is 3. The molecule has 3 aromatic carbocycles. The summed E-state index contributed by atoms with van der Waals surface area (Å²) in [6.07, 6.45) is -2.48. The summed E-state index contributed by atoms with van der Waals surface area (Å²) in [6, 6.07) is 20.8. The molecule has 4 aromatic rings. The number of imidazole rings is 1. The first-order chi connectivity index (χ1) is 14.4. The van der Waals surface area contributed by atoms with Gasteiger partial charge in [-0.05, 0) is 42.0 Å². The molecule has 2 nitrogen and oxygen atoms in total. The number of thioether (sulfide) groups is 1. The van der Waals surface area contributed by atoms with Crippen LogP contribution >= 0.6 is 11.8 Å². The third-order valence-corrected chi connectivity index (χ3v) is 5.52. The van der Waals surface area contributed by atoms with Crippen molar-refractivity contribution in [2.75, 3.05) is 0 Å². The van der Waals surface area contributed by atoms with E-state index in [-0.39, 0.29) is 5.82 Å². The normalized spacial score (nSPS) is 11.6. The minimum atomic E-state index is -4.35. The van der Waals surface area contributed by atoms with Gasteiger partial charge in [0.2, 0.25) is 0 Å². The van der Waals surface area contributed by atoms with Gasteiger partial charge in [-0.25, -0.2) is 9.37 Å². The first-order valence-corrected chi connectivity index (χ1v) is 10.1. The largest absolute Gasteiger partial charge is 0.416 e. The Balaban J connectivity index is 1.62. The molecule has 0 radical (unpaired) electrons. The lowest BCUT2D eigenvalue weighted by atomic mass is 10.1. The zero-order valence-corrected chi connectivity index (χ0v) is 16.4. The van der Waals surface area contributed by atoms with Crippen molar-refractivity contribution in [1.29, 1.82) is 0 Å². The van der Waals surface area contributed by atoms with Crippen LogP contribution in [-0.2, 0) is 11.9 Å². The highest BCUT2D eigenvalue weighted by molar-refractivity contribution is 7.98. The summed E-state index contributed by atoms with van der Waals surface area (Å²) in [4.78, 5) is 4.70. The van der Waals surface area contributed by atoms with Gasteiger partial charge in [0.1, 0.15) is 5.82 Å². The van der Waals surface area contributed by atoms with Gasteiger partial charge < -0.3 is 0 Å². The Labute approximate surface area is 175 Å². The molecule has 152 valence electrons. The lowest BCUT2D eigenvalue weighted by Gasteiger charge is -2.09. The Morgan fingerprint density at radius 3 is 2.13 bits per heavy atom. The Bertz CT molecular complexity index is 1120. The van der Waals surface area contributed by atoms with Crippen LogP contribution in [0, 0.1) is 5.82 Å². The van der Waals surface area contributed by atoms with E-state index in [1.54, 1.807) is 12.1 Å². The third-order valence-electron chi connectivity index (χ3n) is 4.50. The quantitative estimate of drug-likeness (QED) is 0.252. The van der Waals surface area contributed by atoms with E-state index in [2.05, 4.69) is 0 Å². The highest BCUT2D eigenvalue weighted by Crippen LogP contribution is 2.32. The summed E-state index contributed by atoms with van der Waals surface area (Å²) in [6.45, 7) is 0. The van der Waals surface area contributed by atoms with Gasteiger partial charge in [-0.3, -0.25) is 4.57 Å². The molecule has 0 N–H and O–H groups in total. The van der Waals surface area contributed by atoms with Crippen molar-refractivity contribution >= 4 is 11.8 Å². The number of halogens is 4. The van der Waals surface area contributed by atoms with E-state index in [4.69, 9.17) is 4.98 Å². The van der Waals surface area contributed by atoms with Crippen molar-refractivity contribution in [3.8, 4) is 16.9 Å². The standard InChI is InChI=1S/C23H16F4N2S/c24-19-10-12-20(13-11-19)29-14-21(17-4-2-1-3-5-17)28-22(29)30-15-16-6-8-18(9-7-16)23(25,26)27/h1-14H,15H2. The van der Waals surface area contributed by atoms with Gasteiger partial charge in [-0.15, -0.1) is 0 Å². The SMILES string of the molecule is Fc1ccc(-n2cc(-c3ccccc3)nc2SCc2ccc(C(F)(F)F)cc2)cc1. The Hall–Kier alpha value is -3.06. The van der Waals surface area contributed by atoms with Crippen molar-refractivity contribution < 1.29 is 17.6 Å². The molecule has 0 aliphatic carbocycles. The van der Waals surface area contributed by atoms with E-state index in [0.717, 1.165) is 34.6 Å². The molecule has 0 spiro atoms. The summed E-state index contributed by atoms with van der Waals surface area (Å²) in [7, 11) is 0. The smallest absolute Gasteiger partial charge is 0.294 e. The van der Waals surface area contributed by atoms with Gasteiger partial charge in [0, 0.05) is 23.2 Å². The topological polar surface area (TPSA) is 17.8 Å². The summed E-state index contributed by atoms with van der Waals surface area (Å²) >= 11 is 1.40.